The third kappa shape index (κ3) is 6.48. The monoisotopic (exact) mass is 549 g/mol. The number of halogens is 1. The van der Waals surface area contributed by atoms with Gasteiger partial charge >= 0.3 is 0 Å². The second kappa shape index (κ2) is 12.7. The highest BCUT2D eigenvalue weighted by Crippen LogP contribution is 2.33. The molecule has 1 unspecified atom stereocenters. The molecule has 10 heteroatoms. The SMILES string of the molecule is CCC(=O)N1CCC(NC(=NC)NCCCc2nnc(SC)n2C2CCCC2)C1.I. The number of nitrogens with zero attached hydrogens (tertiary/aromatic N) is 5. The summed E-state index contributed by atoms with van der Waals surface area (Å²) in [6.45, 7) is 4.33. The zero-order valence-electron chi connectivity index (χ0n) is 18.4. The predicted octanol–water partition coefficient (Wildman–Crippen LogP) is 2.84. The number of nitrogens with one attached hydrogen (secondary N) is 2. The molecule has 1 amide bonds. The number of likely N-dealkylation sites (tertiary alicyclic amines) is 1. The minimum Gasteiger partial charge on any atom is -0.356 e. The third-order valence-corrected chi connectivity index (χ3v) is 6.53. The minimum atomic E-state index is 0. The van der Waals surface area contributed by atoms with Gasteiger partial charge in [-0.05, 0) is 31.9 Å². The number of thioether (sulfide) groups is 1. The van der Waals surface area contributed by atoms with E-state index in [4.69, 9.17) is 0 Å². The lowest BCUT2D eigenvalue weighted by atomic mass is 10.2. The Morgan fingerprint density at radius 2 is 2.03 bits per heavy atom. The van der Waals surface area contributed by atoms with Crippen LogP contribution in [0.25, 0.3) is 0 Å². The van der Waals surface area contributed by atoms with Crippen LogP contribution in [0, 0.1) is 0 Å². The van der Waals surface area contributed by atoms with Crippen LogP contribution in [-0.2, 0) is 11.2 Å². The number of carbonyl (C=O) groups is 1. The first-order valence-corrected chi connectivity index (χ1v) is 12.1. The Morgan fingerprint density at radius 1 is 1.27 bits per heavy atom. The number of aliphatic imine (C=N–C) groups is 1. The molecule has 1 saturated carbocycles. The van der Waals surface area contributed by atoms with E-state index in [9.17, 15) is 4.79 Å². The number of aromatic nitrogens is 3. The van der Waals surface area contributed by atoms with Crippen LogP contribution in [0.1, 0.15) is 63.7 Å². The number of rotatable bonds is 8. The molecule has 0 radical (unpaired) electrons. The molecule has 2 aliphatic rings. The van der Waals surface area contributed by atoms with Crippen LogP contribution in [0.5, 0.6) is 0 Å². The highest BCUT2D eigenvalue weighted by molar-refractivity contribution is 14.0. The first-order valence-electron chi connectivity index (χ1n) is 10.9. The standard InChI is InChI=1S/C20H35N7OS.HI/c1-4-18(28)26-13-11-15(14-26)23-19(21-2)22-12-7-10-17-24-25-20(29-3)27(17)16-8-5-6-9-16;/h15-16H,4-14H2,1-3H3,(H2,21,22,23);1H. The van der Waals surface area contributed by atoms with Gasteiger partial charge in [-0.2, -0.15) is 0 Å². The molecule has 8 nitrogen and oxygen atoms in total. The molecule has 2 heterocycles. The van der Waals surface area contributed by atoms with E-state index in [1.54, 1.807) is 18.8 Å². The Kier molecular flexibility index (Phi) is 10.7. The molecule has 0 aromatic carbocycles. The summed E-state index contributed by atoms with van der Waals surface area (Å²) in [5.41, 5.74) is 0. The highest BCUT2D eigenvalue weighted by atomic mass is 127. The number of guanidine groups is 1. The number of aryl methyl sites for hydroxylation is 1. The molecule has 1 saturated heterocycles. The van der Waals surface area contributed by atoms with Crippen molar-refractivity contribution < 1.29 is 4.79 Å². The van der Waals surface area contributed by atoms with Gasteiger partial charge in [0.15, 0.2) is 11.1 Å². The van der Waals surface area contributed by atoms with Crippen molar-refractivity contribution in [3.63, 3.8) is 0 Å². The molecule has 2 fully saturated rings. The Bertz CT molecular complexity index is 705. The number of hydrogen-bond acceptors (Lipinski definition) is 5. The molecule has 3 rings (SSSR count). The molecule has 2 N–H and O–H groups in total. The third-order valence-electron chi connectivity index (χ3n) is 5.89. The largest absolute Gasteiger partial charge is 0.356 e. The lowest BCUT2D eigenvalue weighted by Crippen LogP contribution is -2.45. The summed E-state index contributed by atoms with van der Waals surface area (Å²) in [6, 6.07) is 0.840. The van der Waals surface area contributed by atoms with Crippen LogP contribution >= 0.6 is 35.7 Å². The van der Waals surface area contributed by atoms with Crippen molar-refractivity contribution in [2.75, 3.05) is 32.9 Å². The van der Waals surface area contributed by atoms with E-state index < -0.39 is 0 Å². The van der Waals surface area contributed by atoms with E-state index in [1.807, 2.05) is 11.8 Å². The van der Waals surface area contributed by atoms with Crippen LogP contribution in [0.15, 0.2) is 10.1 Å². The average Bonchev–Trinajstić information content (AvgIpc) is 3.49. The molecule has 1 aromatic heterocycles. The summed E-state index contributed by atoms with van der Waals surface area (Å²) < 4.78 is 2.38. The Balaban J connectivity index is 0.00000320. The Hall–Kier alpha value is -1.04. The maximum Gasteiger partial charge on any atom is 0.222 e. The highest BCUT2D eigenvalue weighted by Gasteiger charge is 2.26. The van der Waals surface area contributed by atoms with Gasteiger partial charge in [0.05, 0.1) is 0 Å². The molecule has 1 aromatic rings. The fourth-order valence-corrected chi connectivity index (χ4v) is 4.89. The zero-order chi connectivity index (χ0) is 20.6. The first kappa shape index (κ1) is 25.2. The van der Waals surface area contributed by atoms with Gasteiger partial charge in [-0.25, -0.2) is 0 Å². The van der Waals surface area contributed by atoms with Crippen LogP contribution in [0.3, 0.4) is 0 Å². The lowest BCUT2D eigenvalue weighted by Gasteiger charge is -2.19. The number of carbonyl (C=O) groups excluding carboxylic acids is 1. The van der Waals surface area contributed by atoms with Gasteiger partial charge in [0, 0.05) is 51.6 Å². The van der Waals surface area contributed by atoms with Crippen molar-refractivity contribution in [1.82, 2.24) is 30.3 Å². The molecular formula is C20H36IN7OS. The summed E-state index contributed by atoms with van der Waals surface area (Å²) >= 11 is 1.69. The van der Waals surface area contributed by atoms with Gasteiger partial charge in [0.1, 0.15) is 5.82 Å². The smallest absolute Gasteiger partial charge is 0.222 e. The molecule has 1 atom stereocenters. The number of hydrogen-bond donors (Lipinski definition) is 2. The van der Waals surface area contributed by atoms with Crippen LogP contribution < -0.4 is 10.6 Å². The van der Waals surface area contributed by atoms with Crippen molar-refractivity contribution in [2.45, 2.75) is 75.5 Å². The van der Waals surface area contributed by atoms with Gasteiger partial charge < -0.3 is 20.1 Å². The van der Waals surface area contributed by atoms with E-state index in [1.165, 1.54) is 25.7 Å². The summed E-state index contributed by atoms with van der Waals surface area (Å²) in [5.74, 6) is 2.15. The maximum absolute atomic E-state index is 11.8. The summed E-state index contributed by atoms with van der Waals surface area (Å²) in [7, 11) is 1.79. The first-order chi connectivity index (χ1) is 14.2. The molecule has 1 aliphatic carbocycles. The van der Waals surface area contributed by atoms with E-state index in [-0.39, 0.29) is 35.9 Å². The molecular weight excluding hydrogens is 513 g/mol. The summed E-state index contributed by atoms with van der Waals surface area (Å²) in [5, 5.41) is 16.8. The Labute approximate surface area is 201 Å². The van der Waals surface area contributed by atoms with E-state index in [0.717, 1.165) is 55.8 Å². The van der Waals surface area contributed by atoms with Gasteiger partial charge in [-0.3, -0.25) is 9.79 Å². The van der Waals surface area contributed by atoms with Crippen molar-refractivity contribution >= 4 is 47.6 Å². The van der Waals surface area contributed by atoms with Crippen LogP contribution in [0.2, 0.25) is 0 Å². The van der Waals surface area contributed by atoms with Gasteiger partial charge in [-0.15, -0.1) is 34.2 Å². The van der Waals surface area contributed by atoms with Gasteiger partial charge in [-0.1, -0.05) is 31.5 Å². The second-order valence-corrected chi connectivity index (χ2v) is 8.61. The van der Waals surface area contributed by atoms with Crippen LogP contribution in [0.4, 0.5) is 0 Å². The van der Waals surface area contributed by atoms with E-state index in [0.29, 0.717) is 12.5 Å². The Morgan fingerprint density at radius 3 is 2.70 bits per heavy atom. The minimum absolute atomic E-state index is 0. The second-order valence-electron chi connectivity index (χ2n) is 7.84. The zero-order valence-corrected chi connectivity index (χ0v) is 21.5. The molecule has 1 aliphatic heterocycles. The normalized spacial score (nSPS) is 19.8. The van der Waals surface area contributed by atoms with E-state index >= 15 is 0 Å². The quantitative estimate of drug-likeness (QED) is 0.171. The predicted molar refractivity (Wildman–Crippen MR) is 133 cm³/mol. The van der Waals surface area contributed by atoms with Crippen molar-refractivity contribution in [3.8, 4) is 0 Å². The van der Waals surface area contributed by atoms with Crippen molar-refractivity contribution in [1.29, 1.82) is 0 Å². The molecule has 30 heavy (non-hydrogen) atoms. The van der Waals surface area contributed by atoms with Crippen molar-refractivity contribution in [2.24, 2.45) is 4.99 Å². The maximum atomic E-state index is 11.8. The van der Waals surface area contributed by atoms with Crippen molar-refractivity contribution in [3.05, 3.63) is 5.82 Å². The van der Waals surface area contributed by atoms with Crippen LogP contribution in [-0.4, -0.2) is 70.5 Å². The van der Waals surface area contributed by atoms with Gasteiger partial charge in [0.25, 0.3) is 0 Å². The lowest BCUT2D eigenvalue weighted by molar-refractivity contribution is -0.129. The fraction of sp³-hybridized carbons (Fsp3) is 0.800. The number of amides is 1. The molecule has 0 bridgehead atoms. The summed E-state index contributed by atoms with van der Waals surface area (Å²) in [4.78, 5) is 18.1. The fourth-order valence-electron chi connectivity index (χ4n) is 4.32. The molecule has 170 valence electrons. The molecule has 0 spiro atoms. The van der Waals surface area contributed by atoms with Gasteiger partial charge in [0.2, 0.25) is 5.91 Å². The average molecular weight is 550 g/mol. The topological polar surface area (TPSA) is 87.4 Å². The van der Waals surface area contributed by atoms with E-state index in [2.05, 4.69) is 36.6 Å². The summed E-state index contributed by atoms with van der Waals surface area (Å²) in [6.07, 6.45) is 10.6.